The van der Waals surface area contributed by atoms with Crippen LogP contribution in [0.25, 0.3) is 0 Å². The van der Waals surface area contributed by atoms with E-state index in [0.29, 0.717) is 22.9 Å². The van der Waals surface area contributed by atoms with Crippen molar-refractivity contribution < 1.29 is 22.6 Å². The van der Waals surface area contributed by atoms with Crippen LogP contribution in [0.1, 0.15) is 19.4 Å². The van der Waals surface area contributed by atoms with Gasteiger partial charge in [-0.15, -0.1) is 0 Å². The molecule has 0 aliphatic rings. The van der Waals surface area contributed by atoms with Crippen molar-refractivity contribution in [2.45, 2.75) is 26.9 Å². The maximum atomic E-state index is 11.8. The maximum Gasteiger partial charge on any atom is 0.229 e. The number of sulfonamides is 1. The van der Waals surface area contributed by atoms with Gasteiger partial charge in [0.25, 0.3) is 0 Å². The molecule has 3 N–H and O–H groups in total. The highest BCUT2D eigenvalue weighted by atomic mass is 35.5. The summed E-state index contributed by atoms with van der Waals surface area (Å²) >= 11 is 6.33. The highest BCUT2D eigenvalue weighted by molar-refractivity contribution is 7.92. The van der Waals surface area contributed by atoms with Crippen LogP contribution >= 0.6 is 11.6 Å². The summed E-state index contributed by atoms with van der Waals surface area (Å²) in [6, 6.07) is 8.56. The van der Waals surface area contributed by atoms with Gasteiger partial charge in [-0.05, 0) is 44.5 Å². The first-order valence-corrected chi connectivity index (χ1v) is 12.8. The molecule has 12 heteroatoms. The van der Waals surface area contributed by atoms with Crippen LogP contribution in [-0.4, -0.2) is 45.0 Å². The summed E-state index contributed by atoms with van der Waals surface area (Å²) < 4.78 is 42.6. The Morgan fingerprint density at radius 1 is 0.971 bits per heavy atom. The average Bonchev–Trinajstić information content (AvgIpc) is 2.77. The number of benzene rings is 2. The van der Waals surface area contributed by atoms with Crippen molar-refractivity contribution in [2.24, 2.45) is 0 Å². The number of rotatable bonds is 10. The molecule has 0 saturated heterocycles. The van der Waals surface area contributed by atoms with Crippen molar-refractivity contribution in [3.05, 3.63) is 47.1 Å². The van der Waals surface area contributed by atoms with E-state index in [9.17, 15) is 8.42 Å². The summed E-state index contributed by atoms with van der Waals surface area (Å²) in [7, 11) is -0.470. The van der Waals surface area contributed by atoms with Gasteiger partial charge in [0.2, 0.25) is 16.0 Å². The Hall–Kier alpha value is -3.44. The van der Waals surface area contributed by atoms with E-state index >= 15 is 0 Å². The second-order valence-corrected chi connectivity index (χ2v) is 10.1. The van der Waals surface area contributed by atoms with Crippen LogP contribution < -0.4 is 29.6 Å². The van der Waals surface area contributed by atoms with Gasteiger partial charge >= 0.3 is 0 Å². The van der Waals surface area contributed by atoms with Crippen molar-refractivity contribution in [3.63, 3.8) is 0 Å². The van der Waals surface area contributed by atoms with E-state index < -0.39 is 10.0 Å². The number of hydrogen-bond acceptors (Lipinski definition) is 9. The lowest BCUT2D eigenvalue weighted by atomic mass is 10.1. The number of hydrogen-bond donors (Lipinski definition) is 3. The van der Waals surface area contributed by atoms with E-state index in [1.165, 1.54) is 13.3 Å². The summed E-state index contributed by atoms with van der Waals surface area (Å²) in [5.41, 5.74) is 2.31. The summed E-state index contributed by atoms with van der Waals surface area (Å²) in [6.07, 6.45) is 2.46. The molecule has 0 atom stereocenters. The van der Waals surface area contributed by atoms with E-state index in [-0.39, 0.29) is 28.6 Å². The third kappa shape index (κ3) is 7.03. The second kappa shape index (κ2) is 10.9. The Kier molecular flexibility index (Phi) is 8.13. The molecule has 0 unspecified atom stereocenters. The van der Waals surface area contributed by atoms with Gasteiger partial charge in [0.05, 0.1) is 44.2 Å². The molecule has 0 saturated carbocycles. The first-order chi connectivity index (χ1) is 16.5. The van der Waals surface area contributed by atoms with Gasteiger partial charge in [-0.2, -0.15) is 4.98 Å². The molecule has 35 heavy (non-hydrogen) atoms. The molecule has 0 aliphatic heterocycles. The number of aryl methyl sites for hydroxylation is 1. The van der Waals surface area contributed by atoms with E-state index in [2.05, 4.69) is 25.3 Å². The molecule has 0 radical (unpaired) electrons. The monoisotopic (exact) mass is 521 g/mol. The smallest absolute Gasteiger partial charge is 0.229 e. The Labute approximate surface area is 210 Å². The first kappa shape index (κ1) is 26.2. The van der Waals surface area contributed by atoms with Gasteiger partial charge in [0.15, 0.2) is 17.3 Å². The van der Waals surface area contributed by atoms with Gasteiger partial charge in [-0.1, -0.05) is 11.6 Å². The Bertz CT molecular complexity index is 1320. The molecule has 0 spiro atoms. The average molecular weight is 522 g/mol. The Morgan fingerprint density at radius 3 is 2.34 bits per heavy atom. The van der Waals surface area contributed by atoms with Gasteiger partial charge in [0, 0.05) is 17.8 Å². The normalized spacial score (nSPS) is 11.2. The molecule has 188 valence electrons. The third-order valence-corrected chi connectivity index (χ3v) is 5.51. The summed E-state index contributed by atoms with van der Waals surface area (Å²) in [6.45, 7) is 5.77. The third-order valence-electron chi connectivity index (χ3n) is 4.64. The van der Waals surface area contributed by atoms with Crippen LogP contribution in [0.4, 0.5) is 28.8 Å². The van der Waals surface area contributed by atoms with Crippen molar-refractivity contribution in [2.75, 3.05) is 35.8 Å². The van der Waals surface area contributed by atoms with Crippen molar-refractivity contribution in [1.82, 2.24) is 9.97 Å². The van der Waals surface area contributed by atoms with Gasteiger partial charge in [-0.3, -0.25) is 4.72 Å². The standard InChI is InChI=1S/C23H28ClN5O5S/c1-13(2)34-21-11-18(14(3)9-20(21)33-5)27-23-25-12-16(24)22(28-23)26-17-8-7-15(32-4)10-19(17)29-35(6,30)31/h7-13,29H,1-6H3,(H2,25,26,27,28). The molecule has 2 aromatic carbocycles. The molecule has 0 amide bonds. The maximum absolute atomic E-state index is 11.8. The minimum absolute atomic E-state index is 0.0405. The fourth-order valence-electron chi connectivity index (χ4n) is 3.11. The fraction of sp³-hybridized carbons (Fsp3) is 0.304. The molecule has 3 aromatic rings. The molecule has 1 heterocycles. The minimum Gasteiger partial charge on any atom is -0.497 e. The lowest BCUT2D eigenvalue weighted by Gasteiger charge is -2.18. The molecule has 0 bridgehead atoms. The predicted octanol–water partition coefficient (Wildman–Crippen LogP) is 5.10. The number of nitrogens with zero attached hydrogens (tertiary/aromatic N) is 2. The van der Waals surface area contributed by atoms with Crippen LogP contribution in [0.2, 0.25) is 5.02 Å². The van der Waals surface area contributed by atoms with Gasteiger partial charge < -0.3 is 24.8 Å². The SMILES string of the molecule is COc1ccc(Nc2nc(Nc3cc(OC(C)C)c(OC)cc3C)ncc2Cl)c(NS(C)(=O)=O)c1. The van der Waals surface area contributed by atoms with Gasteiger partial charge in [-0.25, -0.2) is 13.4 Å². The predicted molar refractivity (Wildman–Crippen MR) is 139 cm³/mol. The quantitative estimate of drug-likeness (QED) is 0.334. The zero-order valence-electron chi connectivity index (χ0n) is 20.3. The number of aromatic nitrogens is 2. The van der Waals surface area contributed by atoms with Crippen LogP contribution in [0.15, 0.2) is 36.5 Å². The molecule has 0 aliphatic carbocycles. The van der Waals surface area contributed by atoms with E-state index in [4.69, 9.17) is 25.8 Å². The Morgan fingerprint density at radius 2 is 1.71 bits per heavy atom. The molecule has 1 aromatic heterocycles. The van der Waals surface area contributed by atoms with Crippen LogP contribution in [0.3, 0.4) is 0 Å². The molecule has 3 rings (SSSR count). The first-order valence-electron chi connectivity index (χ1n) is 10.6. The lowest BCUT2D eigenvalue weighted by molar-refractivity contribution is 0.230. The summed E-state index contributed by atoms with van der Waals surface area (Å²) in [5, 5.41) is 6.48. The molecule has 10 nitrogen and oxygen atoms in total. The van der Waals surface area contributed by atoms with Gasteiger partial charge in [0.1, 0.15) is 10.8 Å². The fourth-order valence-corrected chi connectivity index (χ4v) is 3.81. The largest absolute Gasteiger partial charge is 0.497 e. The number of nitrogens with one attached hydrogen (secondary N) is 3. The zero-order valence-corrected chi connectivity index (χ0v) is 21.8. The van der Waals surface area contributed by atoms with Crippen LogP contribution in [0, 0.1) is 6.92 Å². The summed E-state index contributed by atoms with van der Waals surface area (Å²) in [5.74, 6) is 2.22. The van der Waals surface area contributed by atoms with Crippen molar-refractivity contribution >= 4 is 50.5 Å². The zero-order chi connectivity index (χ0) is 25.8. The van der Waals surface area contributed by atoms with Crippen molar-refractivity contribution in [1.29, 1.82) is 0 Å². The summed E-state index contributed by atoms with van der Waals surface area (Å²) in [4.78, 5) is 8.73. The molecular weight excluding hydrogens is 494 g/mol. The number of anilines is 5. The number of ether oxygens (including phenoxy) is 3. The Balaban J connectivity index is 1.94. The van der Waals surface area contributed by atoms with Crippen LogP contribution in [0.5, 0.6) is 17.2 Å². The highest BCUT2D eigenvalue weighted by Crippen LogP contribution is 2.36. The van der Waals surface area contributed by atoms with Crippen LogP contribution in [-0.2, 0) is 10.0 Å². The highest BCUT2D eigenvalue weighted by Gasteiger charge is 2.15. The molecular formula is C23H28ClN5O5S. The minimum atomic E-state index is -3.55. The van der Waals surface area contributed by atoms with Crippen molar-refractivity contribution in [3.8, 4) is 17.2 Å². The lowest BCUT2D eigenvalue weighted by Crippen LogP contribution is -2.12. The second-order valence-electron chi connectivity index (χ2n) is 7.91. The molecule has 0 fully saturated rings. The van der Waals surface area contributed by atoms with E-state index in [1.54, 1.807) is 25.3 Å². The van der Waals surface area contributed by atoms with E-state index in [1.807, 2.05) is 32.9 Å². The van der Waals surface area contributed by atoms with E-state index in [0.717, 1.165) is 17.5 Å². The topological polar surface area (TPSA) is 124 Å². The number of methoxy groups -OCH3 is 2. The number of halogens is 1.